The van der Waals surface area contributed by atoms with Gasteiger partial charge in [0, 0.05) is 0 Å². The molecule has 0 aliphatic carbocycles. The Balaban J connectivity index is 2.76. The highest BCUT2D eigenvalue weighted by Gasteiger charge is 2.22. The minimum Gasteiger partial charge on any atom is -0.458 e. The van der Waals surface area contributed by atoms with Crippen molar-refractivity contribution in [3.63, 3.8) is 0 Å². The Morgan fingerprint density at radius 2 is 1.38 bits per heavy atom. The standard InChI is InChI=1S/C25H37NO11/c1-5-8-13-33-23(28)34-16-17(4)35-22(27)19(26)14-18-9-10-20(36-24(29)31-11-6-2)21(15-18)37-25(30)32-12-7-3/h9-10,15,17,19H,5-8,11-14,16,26H2,1-4H3/t17-,19-/m0/s1. The third kappa shape index (κ3) is 13.4. The fourth-order valence-electron chi connectivity index (χ4n) is 2.64. The topological polar surface area (TPSA) is 159 Å². The lowest BCUT2D eigenvalue weighted by Gasteiger charge is -2.17. The van der Waals surface area contributed by atoms with Gasteiger partial charge in [0.1, 0.15) is 18.8 Å². The van der Waals surface area contributed by atoms with Crippen molar-refractivity contribution in [2.75, 3.05) is 26.4 Å². The molecule has 0 aliphatic heterocycles. The van der Waals surface area contributed by atoms with Crippen LogP contribution in [0.15, 0.2) is 18.2 Å². The van der Waals surface area contributed by atoms with Crippen molar-refractivity contribution < 1.29 is 52.3 Å². The SMILES string of the molecule is CCCCOC(=O)OC[C@H](C)OC(=O)[C@@H](N)Cc1ccc(OC(=O)OCCC)c(OC(=O)OCCC)c1. The summed E-state index contributed by atoms with van der Waals surface area (Å²) in [5.74, 6) is -0.925. The fraction of sp³-hybridized carbons (Fsp3) is 0.600. The number of esters is 1. The molecular formula is C25H37NO11. The van der Waals surface area contributed by atoms with Crippen LogP contribution in [0.1, 0.15) is 58.9 Å². The molecule has 2 N–H and O–H groups in total. The summed E-state index contributed by atoms with van der Waals surface area (Å²) in [5.41, 5.74) is 6.47. The van der Waals surface area contributed by atoms with Crippen LogP contribution in [0.2, 0.25) is 0 Å². The number of hydrogen-bond donors (Lipinski definition) is 1. The first kappa shape index (κ1) is 31.5. The number of ether oxygens (including phenoxy) is 7. The Hall–Kier alpha value is -3.54. The molecule has 0 radical (unpaired) electrons. The molecule has 0 bridgehead atoms. The summed E-state index contributed by atoms with van der Waals surface area (Å²) in [7, 11) is 0. The highest BCUT2D eigenvalue weighted by Crippen LogP contribution is 2.30. The molecule has 1 aromatic carbocycles. The van der Waals surface area contributed by atoms with E-state index >= 15 is 0 Å². The normalized spacial score (nSPS) is 12.0. The summed E-state index contributed by atoms with van der Waals surface area (Å²) < 4.78 is 35.1. The van der Waals surface area contributed by atoms with Gasteiger partial charge in [-0.3, -0.25) is 4.79 Å². The summed E-state index contributed by atoms with van der Waals surface area (Å²) in [6.07, 6.45) is -0.768. The number of nitrogens with two attached hydrogens (primary N) is 1. The third-order valence-corrected chi connectivity index (χ3v) is 4.47. The summed E-state index contributed by atoms with van der Waals surface area (Å²) >= 11 is 0. The molecule has 12 heteroatoms. The van der Waals surface area contributed by atoms with Gasteiger partial charge in [0.25, 0.3) is 0 Å². The maximum Gasteiger partial charge on any atom is 0.513 e. The lowest BCUT2D eigenvalue weighted by molar-refractivity contribution is -0.152. The minimum absolute atomic E-state index is 0.00635. The van der Waals surface area contributed by atoms with E-state index in [4.69, 9.17) is 38.9 Å². The van der Waals surface area contributed by atoms with Crippen molar-refractivity contribution in [1.29, 1.82) is 0 Å². The van der Waals surface area contributed by atoms with Gasteiger partial charge < -0.3 is 38.9 Å². The molecule has 0 saturated heterocycles. The van der Waals surface area contributed by atoms with Crippen molar-refractivity contribution >= 4 is 24.4 Å². The zero-order valence-electron chi connectivity index (χ0n) is 21.8. The van der Waals surface area contributed by atoms with Crippen molar-refractivity contribution in [3.05, 3.63) is 23.8 Å². The van der Waals surface area contributed by atoms with E-state index in [1.165, 1.54) is 12.1 Å². The molecule has 0 saturated carbocycles. The smallest absolute Gasteiger partial charge is 0.458 e. The van der Waals surface area contributed by atoms with Crippen LogP contribution in [0.5, 0.6) is 11.5 Å². The molecule has 0 spiro atoms. The van der Waals surface area contributed by atoms with E-state index in [0.717, 1.165) is 12.8 Å². The van der Waals surface area contributed by atoms with Gasteiger partial charge in [0.2, 0.25) is 0 Å². The number of hydrogen-bond acceptors (Lipinski definition) is 12. The predicted molar refractivity (Wildman–Crippen MR) is 130 cm³/mol. The number of rotatable bonds is 15. The van der Waals surface area contributed by atoms with E-state index in [9.17, 15) is 19.2 Å². The first-order valence-electron chi connectivity index (χ1n) is 12.3. The first-order chi connectivity index (χ1) is 17.7. The van der Waals surface area contributed by atoms with Crippen molar-refractivity contribution in [1.82, 2.24) is 0 Å². The van der Waals surface area contributed by atoms with Crippen molar-refractivity contribution in [3.8, 4) is 11.5 Å². The molecule has 2 atom stereocenters. The van der Waals surface area contributed by atoms with Crippen molar-refractivity contribution in [2.45, 2.75) is 71.9 Å². The van der Waals surface area contributed by atoms with Gasteiger partial charge in [-0.05, 0) is 50.3 Å². The van der Waals surface area contributed by atoms with E-state index in [1.807, 2.05) is 20.8 Å². The van der Waals surface area contributed by atoms with E-state index in [1.54, 1.807) is 13.0 Å². The van der Waals surface area contributed by atoms with Crippen molar-refractivity contribution in [2.24, 2.45) is 5.73 Å². The average Bonchev–Trinajstić information content (AvgIpc) is 2.86. The monoisotopic (exact) mass is 527 g/mol. The summed E-state index contributed by atoms with van der Waals surface area (Å²) in [5, 5.41) is 0. The lowest BCUT2D eigenvalue weighted by atomic mass is 10.1. The second-order valence-electron chi connectivity index (χ2n) is 8.00. The van der Waals surface area contributed by atoms with Gasteiger partial charge in [-0.15, -0.1) is 0 Å². The van der Waals surface area contributed by atoms with E-state index < -0.39 is 36.6 Å². The Labute approximate surface area is 216 Å². The molecule has 37 heavy (non-hydrogen) atoms. The number of carbonyl (C=O) groups excluding carboxylic acids is 4. The zero-order valence-corrected chi connectivity index (χ0v) is 21.8. The molecule has 12 nitrogen and oxygen atoms in total. The number of carbonyl (C=O) groups is 4. The Kier molecular flexibility index (Phi) is 15.2. The number of benzene rings is 1. The van der Waals surface area contributed by atoms with Crippen LogP contribution < -0.4 is 15.2 Å². The van der Waals surface area contributed by atoms with Gasteiger partial charge in [0.15, 0.2) is 11.5 Å². The van der Waals surface area contributed by atoms with Gasteiger partial charge in [-0.25, -0.2) is 14.4 Å². The maximum absolute atomic E-state index is 12.4. The fourth-order valence-corrected chi connectivity index (χ4v) is 2.64. The third-order valence-electron chi connectivity index (χ3n) is 4.47. The highest BCUT2D eigenvalue weighted by atomic mass is 16.7. The van der Waals surface area contributed by atoms with Crippen LogP contribution in [-0.2, 0) is 34.9 Å². The number of unbranched alkanes of at least 4 members (excludes halogenated alkanes) is 1. The minimum atomic E-state index is -1.08. The molecular weight excluding hydrogens is 490 g/mol. The van der Waals surface area contributed by atoms with Gasteiger partial charge in [-0.1, -0.05) is 33.3 Å². The first-order valence-corrected chi connectivity index (χ1v) is 12.3. The van der Waals surface area contributed by atoms with Gasteiger partial charge in [0.05, 0.1) is 19.8 Å². The quantitative estimate of drug-likeness (QED) is 0.149. The molecule has 0 amide bonds. The maximum atomic E-state index is 12.4. The summed E-state index contributed by atoms with van der Waals surface area (Å²) in [6, 6.07) is 3.23. The van der Waals surface area contributed by atoms with Crippen LogP contribution in [0.4, 0.5) is 14.4 Å². The van der Waals surface area contributed by atoms with Crippen LogP contribution >= 0.6 is 0 Å². The van der Waals surface area contributed by atoms with E-state index in [2.05, 4.69) is 0 Å². The van der Waals surface area contributed by atoms with Crippen LogP contribution in [0.25, 0.3) is 0 Å². The van der Waals surface area contributed by atoms with Crippen LogP contribution in [0, 0.1) is 0 Å². The second-order valence-corrected chi connectivity index (χ2v) is 8.00. The molecule has 0 aliphatic rings. The predicted octanol–water partition coefficient (Wildman–Crippen LogP) is 4.29. The van der Waals surface area contributed by atoms with E-state index in [0.29, 0.717) is 18.4 Å². The highest BCUT2D eigenvalue weighted by molar-refractivity contribution is 5.76. The molecule has 1 rings (SSSR count). The van der Waals surface area contributed by atoms with Gasteiger partial charge >= 0.3 is 24.4 Å². The Bertz CT molecular complexity index is 874. The Morgan fingerprint density at radius 1 is 0.784 bits per heavy atom. The largest absolute Gasteiger partial charge is 0.513 e. The van der Waals surface area contributed by atoms with Crippen LogP contribution in [0.3, 0.4) is 0 Å². The average molecular weight is 528 g/mol. The van der Waals surface area contributed by atoms with E-state index in [-0.39, 0.29) is 44.3 Å². The lowest BCUT2D eigenvalue weighted by Crippen LogP contribution is -2.37. The Morgan fingerprint density at radius 3 is 1.97 bits per heavy atom. The molecule has 0 heterocycles. The molecule has 0 aromatic heterocycles. The van der Waals surface area contributed by atoms with Crippen LogP contribution in [-0.4, -0.2) is 63.0 Å². The molecule has 208 valence electrons. The van der Waals surface area contributed by atoms with Gasteiger partial charge in [-0.2, -0.15) is 0 Å². The summed E-state index contributed by atoms with van der Waals surface area (Å²) in [6.45, 7) is 7.50. The molecule has 0 unspecified atom stereocenters. The summed E-state index contributed by atoms with van der Waals surface area (Å²) in [4.78, 5) is 47.7. The second kappa shape index (κ2) is 17.8. The zero-order chi connectivity index (χ0) is 27.6. The molecule has 0 fully saturated rings. The molecule has 1 aromatic rings.